The Bertz CT molecular complexity index is 383. The number of hydrogen-bond donors (Lipinski definition) is 1. The van der Waals surface area contributed by atoms with Crippen LogP contribution in [0.1, 0.15) is 35.6 Å². The molecule has 0 spiro atoms. The van der Waals surface area contributed by atoms with Gasteiger partial charge in [0.15, 0.2) is 0 Å². The van der Waals surface area contributed by atoms with E-state index in [-0.39, 0.29) is 0 Å². The van der Waals surface area contributed by atoms with Crippen LogP contribution in [0.2, 0.25) is 0 Å². The highest BCUT2D eigenvalue weighted by atomic mass is 15.1. The quantitative estimate of drug-likeness (QED) is 0.845. The Kier molecular flexibility index (Phi) is 3.85. The Morgan fingerprint density at radius 3 is 2.65 bits per heavy atom. The molecule has 2 nitrogen and oxygen atoms in total. The van der Waals surface area contributed by atoms with E-state index in [2.05, 4.69) is 44.0 Å². The van der Waals surface area contributed by atoms with E-state index in [1.807, 2.05) is 0 Å². The van der Waals surface area contributed by atoms with Crippen LogP contribution in [-0.2, 0) is 0 Å². The average Bonchev–Trinajstić information content (AvgIpc) is 3.08. The summed E-state index contributed by atoms with van der Waals surface area (Å²) in [5.41, 5.74) is 10.1. The van der Waals surface area contributed by atoms with E-state index in [4.69, 9.17) is 5.73 Å². The molecule has 0 radical (unpaired) electrons. The molecule has 1 fully saturated rings. The van der Waals surface area contributed by atoms with E-state index < -0.39 is 0 Å². The zero-order valence-electron chi connectivity index (χ0n) is 11.2. The Morgan fingerprint density at radius 1 is 1.35 bits per heavy atom. The van der Waals surface area contributed by atoms with Gasteiger partial charge < -0.3 is 5.73 Å². The predicted octanol–water partition coefficient (Wildman–Crippen LogP) is 2.65. The number of rotatable bonds is 5. The number of hydrogen-bond acceptors (Lipinski definition) is 2. The minimum absolute atomic E-state index is 0.371. The fourth-order valence-corrected chi connectivity index (χ4v) is 2.50. The van der Waals surface area contributed by atoms with E-state index >= 15 is 0 Å². The molecule has 1 aliphatic carbocycles. The summed E-state index contributed by atoms with van der Waals surface area (Å²) in [4.78, 5) is 2.43. The molecule has 0 heterocycles. The maximum Gasteiger partial charge on any atom is 0.0470 e. The number of nitrogens with two attached hydrogens (primary N) is 1. The molecule has 1 aromatic rings. The topological polar surface area (TPSA) is 29.3 Å². The van der Waals surface area contributed by atoms with E-state index in [9.17, 15) is 0 Å². The van der Waals surface area contributed by atoms with Crippen LogP contribution in [0, 0.1) is 19.8 Å². The molecule has 1 atom stereocenters. The Balaban J connectivity index is 2.17. The first-order valence-electron chi connectivity index (χ1n) is 6.59. The van der Waals surface area contributed by atoms with Gasteiger partial charge in [-0.3, -0.25) is 4.90 Å². The number of nitrogens with zero attached hydrogens (tertiary/aromatic N) is 1. The summed E-state index contributed by atoms with van der Waals surface area (Å²) in [5, 5.41) is 0. The lowest BCUT2D eigenvalue weighted by molar-refractivity contribution is 0.239. The molecular weight excluding hydrogens is 208 g/mol. The van der Waals surface area contributed by atoms with Crippen LogP contribution in [0.3, 0.4) is 0 Å². The third kappa shape index (κ3) is 3.08. The van der Waals surface area contributed by atoms with Crippen molar-refractivity contribution in [3.8, 4) is 0 Å². The van der Waals surface area contributed by atoms with Gasteiger partial charge in [-0.25, -0.2) is 0 Å². The average molecular weight is 232 g/mol. The normalized spacial score (nSPS) is 17.5. The van der Waals surface area contributed by atoms with Gasteiger partial charge in [-0.2, -0.15) is 0 Å². The first kappa shape index (κ1) is 12.6. The molecule has 0 amide bonds. The maximum absolute atomic E-state index is 5.98. The third-order valence-corrected chi connectivity index (χ3v) is 3.79. The molecular formula is C15H24N2. The lowest BCUT2D eigenvalue weighted by Gasteiger charge is -2.29. The molecule has 2 heteroatoms. The molecule has 1 saturated carbocycles. The van der Waals surface area contributed by atoms with Crippen LogP contribution in [0.15, 0.2) is 18.2 Å². The lowest BCUT2D eigenvalue weighted by atomic mass is 9.98. The van der Waals surface area contributed by atoms with Crippen molar-refractivity contribution in [2.75, 3.05) is 20.1 Å². The van der Waals surface area contributed by atoms with Gasteiger partial charge in [-0.1, -0.05) is 23.8 Å². The monoisotopic (exact) mass is 232 g/mol. The van der Waals surface area contributed by atoms with Gasteiger partial charge in [-0.15, -0.1) is 0 Å². The van der Waals surface area contributed by atoms with Gasteiger partial charge in [0.2, 0.25) is 0 Å². The zero-order valence-corrected chi connectivity index (χ0v) is 11.2. The smallest absolute Gasteiger partial charge is 0.0470 e. The SMILES string of the molecule is Cc1ccc(C)c(C(CN)N(C)CC2CC2)c1. The molecule has 1 unspecified atom stereocenters. The standard InChI is InChI=1S/C15H24N2/c1-11-4-5-12(2)14(8-11)15(9-16)17(3)10-13-6-7-13/h4-5,8,13,15H,6-7,9-10,16H2,1-3H3. The summed E-state index contributed by atoms with van der Waals surface area (Å²) in [6, 6.07) is 7.04. The Morgan fingerprint density at radius 2 is 2.06 bits per heavy atom. The first-order valence-corrected chi connectivity index (χ1v) is 6.59. The van der Waals surface area contributed by atoms with Crippen molar-refractivity contribution in [3.05, 3.63) is 34.9 Å². The van der Waals surface area contributed by atoms with Crippen LogP contribution in [0.25, 0.3) is 0 Å². The summed E-state index contributed by atoms with van der Waals surface area (Å²) in [5.74, 6) is 0.916. The van der Waals surface area contributed by atoms with Gasteiger partial charge in [-0.05, 0) is 50.8 Å². The molecule has 0 bridgehead atoms. The van der Waals surface area contributed by atoms with E-state index in [0.717, 1.165) is 5.92 Å². The van der Waals surface area contributed by atoms with E-state index in [1.165, 1.54) is 36.1 Å². The second-order valence-electron chi connectivity index (χ2n) is 5.49. The highest BCUT2D eigenvalue weighted by Crippen LogP contribution is 2.32. The lowest BCUT2D eigenvalue weighted by Crippen LogP contribution is -2.32. The maximum atomic E-state index is 5.98. The molecule has 0 aliphatic heterocycles. The zero-order chi connectivity index (χ0) is 12.4. The van der Waals surface area contributed by atoms with Crippen LogP contribution in [0.4, 0.5) is 0 Å². The fraction of sp³-hybridized carbons (Fsp3) is 0.600. The van der Waals surface area contributed by atoms with Gasteiger partial charge in [0.25, 0.3) is 0 Å². The Hall–Kier alpha value is -0.860. The van der Waals surface area contributed by atoms with Crippen molar-refractivity contribution in [2.24, 2.45) is 11.7 Å². The van der Waals surface area contributed by atoms with Crippen molar-refractivity contribution in [2.45, 2.75) is 32.7 Å². The molecule has 2 rings (SSSR count). The fourth-order valence-electron chi connectivity index (χ4n) is 2.50. The molecule has 0 aromatic heterocycles. The van der Waals surface area contributed by atoms with Crippen molar-refractivity contribution in [3.63, 3.8) is 0 Å². The summed E-state index contributed by atoms with van der Waals surface area (Å²) < 4.78 is 0. The predicted molar refractivity (Wildman–Crippen MR) is 73.1 cm³/mol. The Labute approximate surface area is 105 Å². The van der Waals surface area contributed by atoms with Crippen molar-refractivity contribution in [1.82, 2.24) is 4.90 Å². The van der Waals surface area contributed by atoms with Crippen molar-refractivity contribution < 1.29 is 0 Å². The van der Waals surface area contributed by atoms with Crippen LogP contribution >= 0.6 is 0 Å². The van der Waals surface area contributed by atoms with Crippen molar-refractivity contribution >= 4 is 0 Å². The minimum Gasteiger partial charge on any atom is -0.329 e. The molecule has 2 N–H and O–H groups in total. The minimum atomic E-state index is 0.371. The summed E-state index contributed by atoms with van der Waals surface area (Å²) in [7, 11) is 2.21. The molecule has 17 heavy (non-hydrogen) atoms. The van der Waals surface area contributed by atoms with Gasteiger partial charge in [0, 0.05) is 19.1 Å². The number of benzene rings is 1. The van der Waals surface area contributed by atoms with Gasteiger partial charge >= 0.3 is 0 Å². The van der Waals surface area contributed by atoms with E-state index in [1.54, 1.807) is 0 Å². The highest BCUT2D eigenvalue weighted by molar-refractivity contribution is 5.33. The van der Waals surface area contributed by atoms with Crippen LogP contribution < -0.4 is 5.73 Å². The first-order chi connectivity index (χ1) is 8.11. The molecule has 1 aliphatic rings. The summed E-state index contributed by atoms with van der Waals surface area (Å²) in [6.45, 7) is 6.22. The molecule has 1 aromatic carbocycles. The highest BCUT2D eigenvalue weighted by Gasteiger charge is 2.26. The second kappa shape index (κ2) is 5.19. The van der Waals surface area contributed by atoms with Crippen molar-refractivity contribution in [1.29, 1.82) is 0 Å². The van der Waals surface area contributed by atoms with Crippen LogP contribution in [0.5, 0.6) is 0 Å². The molecule has 0 saturated heterocycles. The molecule has 94 valence electrons. The number of aryl methyl sites for hydroxylation is 2. The van der Waals surface area contributed by atoms with Crippen LogP contribution in [-0.4, -0.2) is 25.0 Å². The summed E-state index contributed by atoms with van der Waals surface area (Å²) >= 11 is 0. The second-order valence-corrected chi connectivity index (χ2v) is 5.49. The largest absolute Gasteiger partial charge is 0.329 e. The number of likely N-dealkylation sites (N-methyl/N-ethyl adjacent to an activating group) is 1. The third-order valence-electron chi connectivity index (χ3n) is 3.79. The van der Waals surface area contributed by atoms with Gasteiger partial charge in [0.05, 0.1) is 0 Å². The van der Waals surface area contributed by atoms with E-state index in [0.29, 0.717) is 12.6 Å². The summed E-state index contributed by atoms with van der Waals surface area (Å²) in [6.07, 6.45) is 2.79. The van der Waals surface area contributed by atoms with Gasteiger partial charge in [0.1, 0.15) is 0 Å².